The lowest BCUT2D eigenvalue weighted by Gasteiger charge is -2.21. The van der Waals surface area contributed by atoms with Crippen LogP contribution in [0, 0.1) is 0 Å². The van der Waals surface area contributed by atoms with Gasteiger partial charge in [-0.05, 0) is 6.42 Å². The summed E-state index contributed by atoms with van der Waals surface area (Å²) in [6.45, 7) is 2.04. The fourth-order valence-electron chi connectivity index (χ4n) is 0.627. The maximum Gasteiger partial charge on any atom is 0.243 e. The van der Waals surface area contributed by atoms with Gasteiger partial charge in [0.1, 0.15) is 0 Å². The molecule has 0 aromatic rings. The summed E-state index contributed by atoms with van der Waals surface area (Å²) in [7, 11) is 0. The molecule has 1 aliphatic rings. The van der Waals surface area contributed by atoms with Crippen LogP contribution in [0.2, 0.25) is 0 Å². The van der Waals surface area contributed by atoms with Crippen molar-refractivity contribution in [3.05, 3.63) is 0 Å². The van der Waals surface area contributed by atoms with Gasteiger partial charge in [-0.15, -0.1) is 0 Å². The van der Waals surface area contributed by atoms with Gasteiger partial charge in [0.15, 0.2) is 0 Å². The Balaban J connectivity index is 2.17. The van der Waals surface area contributed by atoms with Gasteiger partial charge in [0.05, 0.1) is 12.5 Å². The van der Waals surface area contributed by atoms with Crippen LogP contribution < -0.4 is 5.32 Å². The Morgan fingerprint density at radius 3 is 2.71 bits per heavy atom. The number of β-lactam (4-membered cyclic amide) rings is 1. The number of amides is 1. The molecule has 0 aromatic carbocycles. The van der Waals surface area contributed by atoms with Gasteiger partial charge in [-0.2, -0.15) is 0 Å². The molecule has 1 aliphatic heterocycles. The Kier molecular flexibility index (Phi) is 1.01. The van der Waals surface area contributed by atoms with E-state index in [1.54, 1.807) is 0 Å². The maximum atomic E-state index is 10.1. The van der Waals surface area contributed by atoms with E-state index < -0.39 is 0 Å². The Hall–Kier alpha value is -0.530. The fraction of sp³-hybridized carbons (Fsp3) is 0.800. The normalized spacial score (nSPS) is 28.7. The molecule has 0 aliphatic carbocycles. The molecule has 1 amide bonds. The largest absolute Gasteiger partial charge is 0.273 e. The Morgan fingerprint density at radius 2 is 2.57 bits per heavy atom. The molecular weight excluding hydrogens is 90.1 g/mol. The molecule has 2 nitrogen and oxygen atoms in total. The topological polar surface area (TPSA) is 31.2 Å². The van der Waals surface area contributed by atoms with Crippen molar-refractivity contribution >= 4 is 5.91 Å². The highest BCUT2D eigenvalue weighted by atomic mass is 16.2. The molecule has 7 heavy (non-hydrogen) atoms. The number of carbonyl (C=O) groups is 1. The maximum absolute atomic E-state index is 10.1. The predicted octanol–water partition coefficient (Wildman–Crippen LogP) is 0.300. The second-order valence-corrected chi connectivity index (χ2v) is 1.79. The van der Waals surface area contributed by atoms with Gasteiger partial charge in [-0.25, -0.2) is 5.32 Å². The van der Waals surface area contributed by atoms with Crippen molar-refractivity contribution in [1.29, 1.82) is 0 Å². The molecule has 1 fully saturated rings. The van der Waals surface area contributed by atoms with Crippen LogP contribution in [-0.4, -0.2) is 11.9 Å². The van der Waals surface area contributed by atoms with E-state index in [-0.39, 0.29) is 5.91 Å². The van der Waals surface area contributed by atoms with Crippen molar-refractivity contribution in [3.63, 3.8) is 0 Å². The van der Waals surface area contributed by atoms with Crippen LogP contribution in [0.25, 0.3) is 0 Å². The van der Waals surface area contributed by atoms with E-state index in [1.165, 1.54) is 0 Å². The van der Waals surface area contributed by atoms with E-state index in [9.17, 15) is 4.79 Å². The van der Waals surface area contributed by atoms with Crippen molar-refractivity contribution < 1.29 is 4.79 Å². The van der Waals surface area contributed by atoms with Crippen molar-refractivity contribution in [2.45, 2.75) is 25.8 Å². The molecule has 0 N–H and O–H groups in total. The lowest BCUT2D eigenvalue weighted by atomic mass is 10.0. The molecule has 1 rings (SSSR count). The van der Waals surface area contributed by atoms with Crippen LogP contribution in [0.4, 0.5) is 0 Å². The van der Waals surface area contributed by atoms with Crippen molar-refractivity contribution in [1.82, 2.24) is 5.32 Å². The second-order valence-electron chi connectivity index (χ2n) is 1.79. The zero-order valence-electron chi connectivity index (χ0n) is 4.35. The molecule has 1 unspecified atom stereocenters. The van der Waals surface area contributed by atoms with E-state index in [2.05, 4.69) is 5.32 Å². The Bertz CT molecular complexity index is 82.1. The standard InChI is InChI=1S/C5H8NO/c1-2-4-3-5(7)6-4/h4H,2-3H2,1H3. The smallest absolute Gasteiger partial charge is 0.243 e. The quantitative estimate of drug-likeness (QED) is 0.434. The molecule has 39 valence electrons. The number of hydrogen-bond acceptors (Lipinski definition) is 1. The number of hydrogen-bond donors (Lipinski definition) is 0. The summed E-state index contributed by atoms with van der Waals surface area (Å²) in [5.41, 5.74) is 0. The number of nitrogens with zero attached hydrogens (tertiary/aromatic N) is 1. The monoisotopic (exact) mass is 98.1 g/mol. The molecular formula is C5H8NO. The Labute approximate surface area is 42.9 Å². The molecule has 0 spiro atoms. The summed E-state index contributed by atoms with van der Waals surface area (Å²) in [6, 6.07) is 0.368. The third-order valence-corrected chi connectivity index (χ3v) is 1.21. The molecule has 1 atom stereocenters. The first-order chi connectivity index (χ1) is 3.33. The first kappa shape index (κ1) is 4.62. The molecule has 1 radical (unpaired) electrons. The molecule has 1 heterocycles. The molecule has 0 aromatic heterocycles. The third-order valence-electron chi connectivity index (χ3n) is 1.21. The average molecular weight is 98.1 g/mol. The van der Waals surface area contributed by atoms with Gasteiger partial charge >= 0.3 is 0 Å². The first-order valence-electron chi connectivity index (χ1n) is 2.56. The lowest BCUT2D eigenvalue weighted by Crippen LogP contribution is -2.41. The number of rotatable bonds is 1. The zero-order chi connectivity index (χ0) is 5.28. The van der Waals surface area contributed by atoms with Gasteiger partial charge in [-0.3, -0.25) is 4.79 Å². The van der Waals surface area contributed by atoms with E-state index in [4.69, 9.17) is 0 Å². The minimum atomic E-state index is 0.0758. The predicted molar refractivity (Wildman–Crippen MR) is 25.8 cm³/mol. The van der Waals surface area contributed by atoms with E-state index in [0.717, 1.165) is 6.42 Å². The summed E-state index contributed by atoms with van der Waals surface area (Å²) >= 11 is 0. The van der Waals surface area contributed by atoms with Crippen LogP contribution in [0.5, 0.6) is 0 Å². The number of carbonyl (C=O) groups excluding carboxylic acids is 1. The van der Waals surface area contributed by atoms with E-state index in [0.29, 0.717) is 12.5 Å². The zero-order valence-corrected chi connectivity index (χ0v) is 4.35. The Morgan fingerprint density at radius 1 is 2.00 bits per heavy atom. The lowest BCUT2D eigenvalue weighted by molar-refractivity contribution is -0.128. The van der Waals surface area contributed by atoms with E-state index >= 15 is 0 Å². The van der Waals surface area contributed by atoms with Crippen molar-refractivity contribution in [2.75, 3.05) is 0 Å². The third kappa shape index (κ3) is 0.734. The first-order valence-corrected chi connectivity index (χ1v) is 2.56. The summed E-state index contributed by atoms with van der Waals surface area (Å²) in [5, 5.41) is 3.70. The highest BCUT2D eigenvalue weighted by Gasteiger charge is 2.25. The molecule has 1 saturated heterocycles. The van der Waals surface area contributed by atoms with Gasteiger partial charge in [0, 0.05) is 0 Å². The van der Waals surface area contributed by atoms with Gasteiger partial charge in [0.2, 0.25) is 5.91 Å². The molecule has 2 heteroatoms. The minimum absolute atomic E-state index is 0.0758. The van der Waals surface area contributed by atoms with Gasteiger partial charge < -0.3 is 0 Å². The van der Waals surface area contributed by atoms with Crippen LogP contribution in [0.3, 0.4) is 0 Å². The summed E-state index contributed by atoms with van der Waals surface area (Å²) < 4.78 is 0. The average Bonchev–Trinajstić information content (AvgIpc) is 1.58. The van der Waals surface area contributed by atoms with Crippen LogP contribution in [0.15, 0.2) is 0 Å². The molecule has 0 bridgehead atoms. The van der Waals surface area contributed by atoms with Crippen molar-refractivity contribution in [3.8, 4) is 0 Å². The van der Waals surface area contributed by atoms with Crippen LogP contribution >= 0.6 is 0 Å². The van der Waals surface area contributed by atoms with Crippen molar-refractivity contribution in [2.24, 2.45) is 0 Å². The minimum Gasteiger partial charge on any atom is -0.273 e. The highest BCUT2D eigenvalue weighted by molar-refractivity contribution is 5.82. The summed E-state index contributed by atoms with van der Waals surface area (Å²) in [5.74, 6) is 0.0758. The summed E-state index contributed by atoms with van der Waals surface area (Å²) in [4.78, 5) is 10.1. The van der Waals surface area contributed by atoms with Crippen LogP contribution in [-0.2, 0) is 4.79 Å². The highest BCUT2D eigenvalue weighted by Crippen LogP contribution is 2.08. The molecule has 0 saturated carbocycles. The second kappa shape index (κ2) is 1.52. The van der Waals surface area contributed by atoms with Gasteiger partial charge in [0.25, 0.3) is 0 Å². The van der Waals surface area contributed by atoms with E-state index in [1.807, 2.05) is 6.92 Å². The fourth-order valence-corrected chi connectivity index (χ4v) is 0.627. The van der Waals surface area contributed by atoms with Gasteiger partial charge in [-0.1, -0.05) is 6.92 Å². The summed E-state index contributed by atoms with van der Waals surface area (Å²) in [6.07, 6.45) is 1.71. The SMILES string of the molecule is CCC1CC(=O)[N]1. The van der Waals surface area contributed by atoms with Crippen LogP contribution in [0.1, 0.15) is 19.8 Å².